The minimum absolute atomic E-state index is 0.0883. The van der Waals surface area contributed by atoms with Crippen molar-refractivity contribution in [1.82, 2.24) is 15.0 Å². The van der Waals surface area contributed by atoms with E-state index in [4.69, 9.17) is 0 Å². The molecule has 0 atom stereocenters. The molecule has 1 heterocycles. The fraction of sp³-hybridized carbons (Fsp3) is 0.308. The molecule has 0 saturated heterocycles. The Kier molecular flexibility index (Phi) is 2.79. The van der Waals surface area contributed by atoms with Crippen LogP contribution in [0.1, 0.15) is 31.1 Å². The van der Waals surface area contributed by atoms with Crippen molar-refractivity contribution in [2.75, 3.05) is 0 Å². The number of benzene rings is 1. The van der Waals surface area contributed by atoms with Gasteiger partial charge < -0.3 is 0 Å². The molecule has 0 aliphatic rings. The van der Waals surface area contributed by atoms with Crippen LogP contribution in [-0.4, -0.2) is 20.8 Å². The summed E-state index contributed by atoms with van der Waals surface area (Å²) in [4.78, 5) is 13.8. The van der Waals surface area contributed by atoms with E-state index in [1.807, 2.05) is 45.0 Å². The first-order valence-corrected chi connectivity index (χ1v) is 5.50. The third kappa shape index (κ3) is 2.25. The predicted molar refractivity (Wildman–Crippen MR) is 65.1 cm³/mol. The number of aromatic nitrogens is 3. The fourth-order valence-corrected chi connectivity index (χ4v) is 1.58. The van der Waals surface area contributed by atoms with Crippen LogP contribution in [0.25, 0.3) is 5.69 Å². The molecule has 0 aliphatic heterocycles. The molecule has 2 aromatic rings. The van der Waals surface area contributed by atoms with Crippen LogP contribution < -0.4 is 0 Å². The highest BCUT2D eigenvalue weighted by Gasteiger charge is 2.25. The van der Waals surface area contributed by atoms with E-state index in [0.717, 1.165) is 5.69 Å². The second-order valence-corrected chi connectivity index (χ2v) is 4.91. The van der Waals surface area contributed by atoms with Gasteiger partial charge in [-0.2, -0.15) is 15.0 Å². The number of ketones is 1. The molecule has 0 unspecified atom stereocenters. The van der Waals surface area contributed by atoms with Crippen molar-refractivity contribution in [3.63, 3.8) is 0 Å². The maximum atomic E-state index is 12.3. The molecule has 0 radical (unpaired) electrons. The van der Waals surface area contributed by atoms with Crippen LogP contribution in [-0.2, 0) is 0 Å². The highest BCUT2D eigenvalue weighted by molar-refractivity contribution is 6.02. The first-order valence-electron chi connectivity index (χ1n) is 5.50. The molecule has 88 valence electrons. The number of nitrogens with zero attached hydrogens (tertiary/aromatic N) is 3. The summed E-state index contributed by atoms with van der Waals surface area (Å²) in [5.41, 5.74) is 0.956. The molecule has 0 N–H and O–H groups in total. The molecule has 0 aliphatic carbocycles. The predicted octanol–water partition coefficient (Wildman–Crippen LogP) is 2.50. The second-order valence-electron chi connectivity index (χ2n) is 4.91. The largest absolute Gasteiger partial charge is 0.294 e. The zero-order valence-corrected chi connectivity index (χ0v) is 10.2. The first-order chi connectivity index (χ1) is 8.00. The van der Waals surface area contributed by atoms with Crippen LogP contribution >= 0.6 is 0 Å². The maximum Gasteiger partial charge on any atom is 0.170 e. The van der Waals surface area contributed by atoms with Crippen molar-refractivity contribution in [3.05, 3.63) is 42.2 Å². The number of Topliss-reactive ketones (excluding diaryl/α,β-unsaturated/α-hetero) is 1. The van der Waals surface area contributed by atoms with E-state index in [-0.39, 0.29) is 5.78 Å². The van der Waals surface area contributed by atoms with E-state index in [2.05, 4.69) is 10.2 Å². The van der Waals surface area contributed by atoms with Gasteiger partial charge in [-0.1, -0.05) is 32.9 Å². The summed E-state index contributed by atoms with van der Waals surface area (Å²) >= 11 is 0. The Morgan fingerprint density at radius 3 is 2.29 bits per heavy atom. The molecule has 2 rings (SSSR count). The zero-order valence-electron chi connectivity index (χ0n) is 10.2. The van der Waals surface area contributed by atoms with Crippen LogP contribution in [0.4, 0.5) is 0 Å². The molecule has 4 nitrogen and oxygen atoms in total. The summed E-state index contributed by atoms with van der Waals surface area (Å²) in [5.74, 6) is 0.0883. The minimum Gasteiger partial charge on any atom is -0.294 e. The highest BCUT2D eigenvalue weighted by atomic mass is 16.1. The van der Waals surface area contributed by atoms with E-state index in [1.165, 1.54) is 4.80 Å². The summed E-state index contributed by atoms with van der Waals surface area (Å²) in [7, 11) is 0. The lowest BCUT2D eigenvalue weighted by Crippen LogP contribution is -2.22. The lowest BCUT2D eigenvalue weighted by Gasteiger charge is -2.18. The SMILES string of the molecule is CC(C)(C)C(=O)c1ccccc1-n1nccn1. The van der Waals surface area contributed by atoms with E-state index in [9.17, 15) is 4.79 Å². The molecule has 0 fully saturated rings. The normalized spacial score (nSPS) is 11.5. The zero-order chi connectivity index (χ0) is 12.5. The molecular weight excluding hydrogens is 214 g/mol. The molecule has 0 amide bonds. The summed E-state index contributed by atoms with van der Waals surface area (Å²) in [6, 6.07) is 7.38. The van der Waals surface area contributed by atoms with Crippen molar-refractivity contribution in [2.45, 2.75) is 20.8 Å². The highest BCUT2D eigenvalue weighted by Crippen LogP contribution is 2.24. The average molecular weight is 229 g/mol. The van der Waals surface area contributed by atoms with E-state index >= 15 is 0 Å². The first kappa shape index (κ1) is 11.5. The van der Waals surface area contributed by atoms with Gasteiger partial charge in [-0.15, -0.1) is 0 Å². The molecule has 0 spiro atoms. The number of carbonyl (C=O) groups is 1. The Hall–Kier alpha value is -1.97. The van der Waals surface area contributed by atoms with Gasteiger partial charge in [0.2, 0.25) is 0 Å². The Balaban J connectivity index is 2.53. The molecule has 17 heavy (non-hydrogen) atoms. The number of hydrogen-bond donors (Lipinski definition) is 0. The van der Waals surface area contributed by atoms with Gasteiger partial charge in [0.1, 0.15) is 0 Å². The van der Waals surface area contributed by atoms with Gasteiger partial charge in [-0.05, 0) is 12.1 Å². The van der Waals surface area contributed by atoms with Crippen LogP contribution in [0.3, 0.4) is 0 Å². The van der Waals surface area contributed by atoms with Crippen molar-refractivity contribution < 1.29 is 4.79 Å². The summed E-state index contributed by atoms with van der Waals surface area (Å²) in [5, 5.41) is 8.13. The van der Waals surface area contributed by atoms with Crippen LogP contribution in [0.15, 0.2) is 36.7 Å². The lowest BCUT2D eigenvalue weighted by molar-refractivity contribution is 0.0858. The number of carbonyl (C=O) groups excluding carboxylic acids is 1. The van der Waals surface area contributed by atoms with Crippen molar-refractivity contribution in [3.8, 4) is 5.69 Å². The van der Waals surface area contributed by atoms with Gasteiger partial charge in [0.05, 0.1) is 18.1 Å². The smallest absolute Gasteiger partial charge is 0.170 e. The van der Waals surface area contributed by atoms with Crippen LogP contribution in [0.5, 0.6) is 0 Å². The number of hydrogen-bond acceptors (Lipinski definition) is 3. The molecule has 0 bridgehead atoms. The topological polar surface area (TPSA) is 47.8 Å². The molecule has 1 aromatic heterocycles. The molecule has 1 aromatic carbocycles. The van der Waals surface area contributed by atoms with E-state index in [0.29, 0.717) is 5.56 Å². The van der Waals surface area contributed by atoms with Crippen LogP contribution in [0, 0.1) is 5.41 Å². The second kappa shape index (κ2) is 4.13. The Bertz CT molecular complexity index is 524. The average Bonchev–Trinajstić information content (AvgIpc) is 2.80. The van der Waals surface area contributed by atoms with Gasteiger partial charge in [0, 0.05) is 11.0 Å². The van der Waals surface area contributed by atoms with Gasteiger partial charge in [-0.25, -0.2) is 0 Å². The maximum absolute atomic E-state index is 12.3. The third-order valence-corrected chi connectivity index (χ3v) is 2.46. The summed E-state index contributed by atoms with van der Waals surface area (Å²) in [6.07, 6.45) is 3.19. The lowest BCUT2D eigenvalue weighted by atomic mass is 9.86. The van der Waals surface area contributed by atoms with Gasteiger partial charge in [0.25, 0.3) is 0 Å². The number of para-hydroxylation sites is 1. The van der Waals surface area contributed by atoms with Crippen molar-refractivity contribution in [2.24, 2.45) is 5.41 Å². The van der Waals surface area contributed by atoms with Crippen molar-refractivity contribution >= 4 is 5.78 Å². The Labute approximate surface area is 100 Å². The number of rotatable bonds is 2. The fourth-order valence-electron chi connectivity index (χ4n) is 1.58. The standard InChI is InChI=1S/C13H15N3O/c1-13(2,3)12(17)10-6-4-5-7-11(10)16-14-8-9-15-16/h4-9H,1-3H3. The minimum atomic E-state index is -0.413. The van der Waals surface area contributed by atoms with E-state index < -0.39 is 5.41 Å². The Morgan fingerprint density at radius 2 is 1.71 bits per heavy atom. The third-order valence-electron chi connectivity index (χ3n) is 2.46. The van der Waals surface area contributed by atoms with E-state index in [1.54, 1.807) is 12.4 Å². The van der Waals surface area contributed by atoms with Crippen LogP contribution in [0.2, 0.25) is 0 Å². The molecule has 0 saturated carbocycles. The summed E-state index contributed by atoms with van der Waals surface area (Å²) < 4.78 is 0. The molecule has 4 heteroatoms. The Morgan fingerprint density at radius 1 is 1.12 bits per heavy atom. The summed E-state index contributed by atoms with van der Waals surface area (Å²) in [6.45, 7) is 5.72. The van der Waals surface area contributed by atoms with Gasteiger partial charge in [0.15, 0.2) is 5.78 Å². The van der Waals surface area contributed by atoms with Gasteiger partial charge in [-0.3, -0.25) is 4.79 Å². The molecular formula is C13H15N3O. The quantitative estimate of drug-likeness (QED) is 0.743. The van der Waals surface area contributed by atoms with Crippen molar-refractivity contribution in [1.29, 1.82) is 0 Å². The monoisotopic (exact) mass is 229 g/mol. The van der Waals surface area contributed by atoms with Gasteiger partial charge >= 0.3 is 0 Å².